The van der Waals surface area contributed by atoms with E-state index in [1.165, 1.54) is 13.0 Å². The molecular formula is C17H24F3N5O2. The molecule has 150 valence electrons. The number of alkyl halides is 3. The fourth-order valence-corrected chi connectivity index (χ4v) is 2.80. The average molecular weight is 387 g/mol. The largest absolute Gasteiger partial charge is 0.417 e. The molecular weight excluding hydrogens is 363 g/mol. The molecule has 0 spiro atoms. The van der Waals surface area contributed by atoms with Crippen molar-refractivity contribution in [3.8, 4) is 0 Å². The highest BCUT2D eigenvalue weighted by Crippen LogP contribution is 2.29. The molecule has 1 aromatic rings. The van der Waals surface area contributed by atoms with Crippen LogP contribution in [0.25, 0.3) is 0 Å². The van der Waals surface area contributed by atoms with E-state index in [0.29, 0.717) is 38.5 Å². The van der Waals surface area contributed by atoms with Gasteiger partial charge in [0.1, 0.15) is 5.82 Å². The first-order valence-corrected chi connectivity index (χ1v) is 8.77. The molecule has 0 bridgehead atoms. The third kappa shape index (κ3) is 7.05. The van der Waals surface area contributed by atoms with Gasteiger partial charge in [-0.25, -0.2) is 4.98 Å². The summed E-state index contributed by atoms with van der Waals surface area (Å²) in [4.78, 5) is 30.6. The van der Waals surface area contributed by atoms with E-state index in [0.717, 1.165) is 25.2 Å². The summed E-state index contributed by atoms with van der Waals surface area (Å²) in [5.74, 6) is 0.236. The fraction of sp³-hybridized carbons (Fsp3) is 0.588. The lowest BCUT2D eigenvalue weighted by atomic mass is 10.2. The van der Waals surface area contributed by atoms with Crippen molar-refractivity contribution in [2.24, 2.45) is 0 Å². The van der Waals surface area contributed by atoms with Gasteiger partial charge in [-0.2, -0.15) is 13.2 Å². The van der Waals surface area contributed by atoms with Crippen molar-refractivity contribution in [1.82, 2.24) is 20.5 Å². The van der Waals surface area contributed by atoms with Gasteiger partial charge in [0.25, 0.3) is 0 Å². The summed E-state index contributed by atoms with van der Waals surface area (Å²) in [7, 11) is 0. The van der Waals surface area contributed by atoms with Gasteiger partial charge in [-0.1, -0.05) is 0 Å². The second kappa shape index (κ2) is 9.54. The van der Waals surface area contributed by atoms with Gasteiger partial charge in [-0.3, -0.25) is 14.5 Å². The number of carbonyl (C=O) groups is 2. The molecule has 27 heavy (non-hydrogen) atoms. The molecule has 7 nitrogen and oxygen atoms in total. The van der Waals surface area contributed by atoms with Crippen molar-refractivity contribution in [3.63, 3.8) is 0 Å². The number of aromatic nitrogens is 1. The predicted octanol–water partition coefficient (Wildman–Crippen LogP) is 0.865. The van der Waals surface area contributed by atoms with E-state index in [4.69, 9.17) is 0 Å². The van der Waals surface area contributed by atoms with Gasteiger partial charge in [0, 0.05) is 52.4 Å². The van der Waals surface area contributed by atoms with Crippen LogP contribution in [0.1, 0.15) is 18.9 Å². The van der Waals surface area contributed by atoms with Gasteiger partial charge in [-0.15, -0.1) is 0 Å². The highest BCUT2D eigenvalue weighted by Gasteiger charge is 2.31. The Bertz CT molecular complexity index is 636. The molecule has 1 aromatic heterocycles. The maximum atomic E-state index is 12.6. The van der Waals surface area contributed by atoms with Crippen LogP contribution >= 0.6 is 0 Å². The fourth-order valence-electron chi connectivity index (χ4n) is 2.80. The Kier molecular flexibility index (Phi) is 7.40. The zero-order valence-corrected chi connectivity index (χ0v) is 15.2. The quantitative estimate of drug-likeness (QED) is 0.709. The van der Waals surface area contributed by atoms with Crippen LogP contribution in [0, 0.1) is 0 Å². The highest BCUT2D eigenvalue weighted by molar-refractivity contribution is 5.78. The number of rotatable bonds is 6. The van der Waals surface area contributed by atoms with Crippen LogP contribution < -0.4 is 15.5 Å². The zero-order chi connectivity index (χ0) is 19.9. The normalized spacial score (nSPS) is 15.9. The Morgan fingerprint density at radius 1 is 1.11 bits per heavy atom. The minimum absolute atomic E-state index is 0.124. The van der Waals surface area contributed by atoms with Gasteiger partial charge >= 0.3 is 6.18 Å². The van der Waals surface area contributed by atoms with Crippen LogP contribution in [-0.2, 0) is 15.8 Å². The maximum absolute atomic E-state index is 12.6. The summed E-state index contributed by atoms with van der Waals surface area (Å²) in [6.07, 6.45) is -2.77. The van der Waals surface area contributed by atoms with E-state index in [9.17, 15) is 22.8 Å². The van der Waals surface area contributed by atoms with Crippen molar-refractivity contribution in [2.45, 2.75) is 19.5 Å². The van der Waals surface area contributed by atoms with Crippen LogP contribution in [0.5, 0.6) is 0 Å². The van der Waals surface area contributed by atoms with Gasteiger partial charge in [0.05, 0.1) is 12.1 Å². The molecule has 0 unspecified atom stereocenters. The number of hydrogen-bond donors (Lipinski definition) is 2. The number of carbonyl (C=O) groups excluding carboxylic acids is 2. The monoisotopic (exact) mass is 387 g/mol. The molecule has 0 radical (unpaired) electrons. The molecule has 2 rings (SSSR count). The number of hydrogen-bond acceptors (Lipinski definition) is 5. The van der Waals surface area contributed by atoms with Crippen LogP contribution in [0.4, 0.5) is 19.0 Å². The van der Waals surface area contributed by atoms with Crippen molar-refractivity contribution < 1.29 is 22.8 Å². The zero-order valence-electron chi connectivity index (χ0n) is 15.2. The first-order chi connectivity index (χ1) is 12.8. The molecule has 0 saturated carbocycles. The number of amides is 2. The highest BCUT2D eigenvalue weighted by atomic mass is 19.4. The van der Waals surface area contributed by atoms with E-state index in [1.807, 2.05) is 9.80 Å². The Labute approximate surface area is 155 Å². The minimum Gasteiger partial charge on any atom is -0.355 e. The third-order valence-electron chi connectivity index (χ3n) is 4.18. The van der Waals surface area contributed by atoms with Crippen LogP contribution in [0.15, 0.2) is 18.3 Å². The lowest BCUT2D eigenvalue weighted by Crippen LogP contribution is -2.41. The number of anilines is 1. The average Bonchev–Trinajstić information content (AvgIpc) is 2.83. The summed E-state index contributed by atoms with van der Waals surface area (Å²) in [5, 5.41) is 5.34. The van der Waals surface area contributed by atoms with Crippen LogP contribution in [0.2, 0.25) is 0 Å². The van der Waals surface area contributed by atoms with E-state index in [1.54, 1.807) is 0 Å². The Hall–Kier alpha value is -2.36. The number of pyridine rings is 1. The summed E-state index contributed by atoms with van der Waals surface area (Å²) < 4.78 is 37.9. The van der Waals surface area contributed by atoms with Gasteiger partial charge in [0.15, 0.2) is 0 Å². The smallest absolute Gasteiger partial charge is 0.355 e. The summed E-state index contributed by atoms with van der Waals surface area (Å²) in [5.41, 5.74) is -0.765. The van der Waals surface area contributed by atoms with Gasteiger partial charge in [0.2, 0.25) is 11.8 Å². The van der Waals surface area contributed by atoms with Crippen LogP contribution in [0.3, 0.4) is 0 Å². The lowest BCUT2D eigenvalue weighted by Gasteiger charge is -2.22. The second-order valence-electron chi connectivity index (χ2n) is 6.35. The van der Waals surface area contributed by atoms with Crippen molar-refractivity contribution >= 4 is 17.6 Å². The molecule has 1 aliphatic rings. The maximum Gasteiger partial charge on any atom is 0.417 e. The van der Waals surface area contributed by atoms with E-state index in [-0.39, 0.29) is 18.4 Å². The summed E-state index contributed by atoms with van der Waals surface area (Å²) >= 11 is 0. The van der Waals surface area contributed by atoms with Crippen molar-refractivity contribution in [2.75, 3.05) is 50.7 Å². The van der Waals surface area contributed by atoms with Gasteiger partial charge in [-0.05, 0) is 18.6 Å². The van der Waals surface area contributed by atoms with E-state index in [2.05, 4.69) is 15.6 Å². The van der Waals surface area contributed by atoms with Crippen LogP contribution in [-0.4, -0.2) is 67.5 Å². The molecule has 2 heterocycles. The Morgan fingerprint density at radius 2 is 1.85 bits per heavy atom. The topological polar surface area (TPSA) is 77.6 Å². The molecule has 1 fully saturated rings. The molecule has 0 atom stereocenters. The summed E-state index contributed by atoms with van der Waals surface area (Å²) in [6, 6.07) is 2.42. The molecule has 1 aliphatic heterocycles. The number of nitrogens with one attached hydrogen (secondary N) is 2. The van der Waals surface area contributed by atoms with Crippen molar-refractivity contribution in [1.29, 1.82) is 0 Å². The number of nitrogens with zero attached hydrogens (tertiary/aromatic N) is 3. The molecule has 10 heteroatoms. The molecule has 0 aliphatic carbocycles. The lowest BCUT2D eigenvalue weighted by molar-refractivity contribution is -0.137. The van der Waals surface area contributed by atoms with Crippen molar-refractivity contribution in [3.05, 3.63) is 23.9 Å². The van der Waals surface area contributed by atoms with E-state index >= 15 is 0 Å². The standard InChI is InChI=1S/C17H24F3N5O2/c1-13(26)21-5-6-22-16(27)12-24-7-2-8-25(10-9-24)15-4-3-14(11-23-15)17(18,19)20/h3-4,11H,2,5-10,12H2,1H3,(H,21,26)(H,22,27). The predicted molar refractivity (Wildman–Crippen MR) is 94.2 cm³/mol. The SMILES string of the molecule is CC(=O)NCCNC(=O)CN1CCCN(c2ccc(C(F)(F)F)cn2)CC1. The molecule has 2 N–H and O–H groups in total. The number of halogens is 3. The first kappa shape index (κ1) is 20.9. The van der Waals surface area contributed by atoms with Gasteiger partial charge < -0.3 is 15.5 Å². The minimum atomic E-state index is -4.39. The summed E-state index contributed by atoms with van der Waals surface area (Å²) in [6.45, 7) is 4.99. The second-order valence-corrected chi connectivity index (χ2v) is 6.35. The third-order valence-corrected chi connectivity index (χ3v) is 4.18. The van der Waals surface area contributed by atoms with E-state index < -0.39 is 11.7 Å². The molecule has 2 amide bonds. The first-order valence-electron chi connectivity index (χ1n) is 8.77. The Morgan fingerprint density at radius 3 is 2.48 bits per heavy atom. The Balaban J connectivity index is 1.79. The molecule has 0 aromatic carbocycles. The molecule has 1 saturated heterocycles.